The van der Waals surface area contributed by atoms with Crippen molar-refractivity contribution in [1.82, 2.24) is 10.2 Å². The molecule has 1 aliphatic heterocycles. The fraction of sp³-hybridized carbons (Fsp3) is 0.857. The van der Waals surface area contributed by atoms with Gasteiger partial charge in [0.1, 0.15) is 0 Å². The molecule has 0 amide bonds. The zero-order valence-corrected chi connectivity index (χ0v) is 8.22. The molecule has 0 aliphatic carbocycles. The second-order valence-electron chi connectivity index (χ2n) is 3.15. The van der Waals surface area contributed by atoms with E-state index in [0.29, 0.717) is 25.3 Å². The van der Waals surface area contributed by atoms with Crippen molar-refractivity contribution < 1.29 is 5.03 Å². The quantitative estimate of drug-likeness (QED) is 0.517. The SMILES string of the molecule is CCCCN1CCC(N)=NN1[N+](=O)[O-]. The van der Waals surface area contributed by atoms with Gasteiger partial charge in [-0.1, -0.05) is 13.3 Å². The summed E-state index contributed by atoms with van der Waals surface area (Å²) >= 11 is 0. The van der Waals surface area contributed by atoms with E-state index in [9.17, 15) is 10.1 Å². The summed E-state index contributed by atoms with van der Waals surface area (Å²) in [7, 11) is 0. The van der Waals surface area contributed by atoms with E-state index in [-0.39, 0.29) is 0 Å². The first-order valence-electron chi connectivity index (χ1n) is 4.67. The molecule has 0 aromatic rings. The summed E-state index contributed by atoms with van der Waals surface area (Å²) in [6, 6.07) is 0. The highest BCUT2D eigenvalue weighted by Crippen LogP contribution is 2.08. The van der Waals surface area contributed by atoms with Crippen LogP contribution in [0.3, 0.4) is 0 Å². The van der Waals surface area contributed by atoms with Crippen LogP contribution < -0.4 is 5.73 Å². The Balaban J connectivity index is 2.61. The van der Waals surface area contributed by atoms with Crippen molar-refractivity contribution in [3.05, 3.63) is 10.1 Å². The molecule has 1 heterocycles. The summed E-state index contributed by atoms with van der Waals surface area (Å²) in [5, 5.41) is 16.1. The molecule has 0 aromatic heterocycles. The van der Waals surface area contributed by atoms with E-state index in [0.717, 1.165) is 18.1 Å². The Hall–Kier alpha value is -1.37. The van der Waals surface area contributed by atoms with Gasteiger partial charge < -0.3 is 15.8 Å². The van der Waals surface area contributed by atoms with Crippen LogP contribution in [-0.4, -0.2) is 34.2 Å². The third-order valence-corrected chi connectivity index (χ3v) is 2.01. The average Bonchev–Trinajstić information content (AvgIpc) is 2.15. The Kier molecular flexibility index (Phi) is 3.63. The van der Waals surface area contributed by atoms with Crippen LogP contribution in [0.4, 0.5) is 0 Å². The van der Waals surface area contributed by atoms with Gasteiger partial charge >= 0.3 is 0 Å². The van der Waals surface area contributed by atoms with E-state index < -0.39 is 5.03 Å². The van der Waals surface area contributed by atoms with E-state index in [4.69, 9.17) is 5.73 Å². The Bertz CT molecular complexity index is 242. The van der Waals surface area contributed by atoms with Gasteiger partial charge in [0.15, 0.2) is 0 Å². The summed E-state index contributed by atoms with van der Waals surface area (Å²) < 4.78 is 0. The molecule has 0 fully saturated rings. The van der Waals surface area contributed by atoms with Crippen molar-refractivity contribution in [2.75, 3.05) is 13.1 Å². The standard InChI is InChI=1S/C7H15N5O2/c1-2-3-5-10-6-4-7(8)9-11(10)12(13)14/h2-6H2,1H3,(H2,8,9). The van der Waals surface area contributed by atoms with Crippen molar-refractivity contribution in [1.29, 1.82) is 0 Å². The minimum absolute atomic E-state index is 0.314. The van der Waals surface area contributed by atoms with Gasteiger partial charge in [-0.15, -0.1) is 5.01 Å². The normalized spacial score (nSPS) is 18.1. The van der Waals surface area contributed by atoms with Crippen LogP contribution in [0.15, 0.2) is 5.10 Å². The fourth-order valence-electron chi connectivity index (χ4n) is 1.24. The molecule has 0 aromatic carbocycles. The van der Waals surface area contributed by atoms with Crippen LogP contribution in [0.1, 0.15) is 26.2 Å². The predicted molar refractivity (Wildman–Crippen MR) is 51.6 cm³/mol. The molecule has 1 aliphatic rings. The van der Waals surface area contributed by atoms with Gasteiger partial charge in [-0.05, 0) is 6.42 Å². The minimum Gasteiger partial charge on any atom is -0.364 e. The van der Waals surface area contributed by atoms with E-state index in [1.54, 1.807) is 5.01 Å². The van der Waals surface area contributed by atoms with Crippen molar-refractivity contribution >= 4 is 5.84 Å². The van der Waals surface area contributed by atoms with Crippen LogP contribution in [0.5, 0.6) is 0 Å². The zero-order valence-electron chi connectivity index (χ0n) is 8.22. The van der Waals surface area contributed by atoms with Gasteiger partial charge in [0.05, 0.1) is 15.4 Å². The number of hydrazine groups is 2. The maximum atomic E-state index is 10.6. The Morgan fingerprint density at radius 2 is 2.43 bits per heavy atom. The molecule has 0 saturated heterocycles. The lowest BCUT2D eigenvalue weighted by Crippen LogP contribution is -2.49. The highest BCUT2D eigenvalue weighted by Gasteiger charge is 2.28. The van der Waals surface area contributed by atoms with E-state index >= 15 is 0 Å². The number of unbranched alkanes of at least 4 members (excludes halogenated alkanes) is 1. The van der Waals surface area contributed by atoms with Crippen LogP contribution in [0, 0.1) is 10.1 Å². The molecule has 0 saturated carbocycles. The molecular weight excluding hydrogens is 186 g/mol. The van der Waals surface area contributed by atoms with Crippen molar-refractivity contribution in [2.45, 2.75) is 26.2 Å². The maximum absolute atomic E-state index is 10.6. The molecule has 0 atom stereocenters. The smallest absolute Gasteiger partial charge is 0.243 e. The van der Waals surface area contributed by atoms with Gasteiger partial charge in [-0.3, -0.25) is 0 Å². The minimum atomic E-state index is -0.554. The number of nitrogens with zero attached hydrogens (tertiary/aromatic N) is 4. The van der Waals surface area contributed by atoms with Gasteiger partial charge in [0.25, 0.3) is 0 Å². The first-order valence-corrected chi connectivity index (χ1v) is 4.67. The van der Waals surface area contributed by atoms with Crippen LogP contribution >= 0.6 is 0 Å². The summed E-state index contributed by atoms with van der Waals surface area (Å²) in [4.78, 5) is 10.6. The molecule has 7 nitrogen and oxygen atoms in total. The highest BCUT2D eigenvalue weighted by atomic mass is 16.7. The fourth-order valence-corrected chi connectivity index (χ4v) is 1.24. The number of hydrazone groups is 1. The molecule has 0 radical (unpaired) electrons. The number of hydrogen-bond donors (Lipinski definition) is 1. The second kappa shape index (κ2) is 4.75. The summed E-state index contributed by atoms with van der Waals surface area (Å²) in [5.41, 5.74) is 5.43. The lowest BCUT2D eigenvalue weighted by atomic mass is 10.3. The van der Waals surface area contributed by atoms with Crippen LogP contribution in [0.2, 0.25) is 0 Å². The number of rotatable bonds is 4. The Morgan fingerprint density at radius 1 is 1.71 bits per heavy atom. The molecule has 80 valence electrons. The summed E-state index contributed by atoms with van der Waals surface area (Å²) in [6.07, 6.45) is 2.51. The number of amidine groups is 1. The molecule has 1 rings (SSSR count). The van der Waals surface area contributed by atoms with Crippen molar-refractivity contribution in [3.8, 4) is 0 Å². The topological polar surface area (TPSA) is 88.0 Å². The van der Waals surface area contributed by atoms with Crippen LogP contribution in [-0.2, 0) is 0 Å². The second-order valence-corrected chi connectivity index (χ2v) is 3.15. The molecule has 2 N–H and O–H groups in total. The van der Waals surface area contributed by atoms with E-state index in [2.05, 4.69) is 5.10 Å². The molecular formula is C7H15N5O2. The Morgan fingerprint density at radius 3 is 3.00 bits per heavy atom. The maximum Gasteiger partial charge on any atom is 0.243 e. The number of nitro groups is 1. The third-order valence-electron chi connectivity index (χ3n) is 2.01. The third kappa shape index (κ3) is 2.56. The molecule has 7 heteroatoms. The van der Waals surface area contributed by atoms with E-state index in [1.807, 2.05) is 6.92 Å². The molecule has 0 spiro atoms. The van der Waals surface area contributed by atoms with E-state index in [1.165, 1.54) is 0 Å². The Labute approximate surface area is 82.2 Å². The van der Waals surface area contributed by atoms with Crippen LogP contribution in [0.25, 0.3) is 0 Å². The number of nitrogens with two attached hydrogens (primary N) is 1. The number of hydrogen-bond acceptors (Lipinski definition) is 5. The van der Waals surface area contributed by atoms with Crippen molar-refractivity contribution in [2.24, 2.45) is 10.8 Å². The zero-order chi connectivity index (χ0) is 10.6. The molecule has 14 heavy (non-hydrogen) atoms. The summed E-state index contributed by atoms with van der Waals surface area (Å²) in [6.45, 7) is 3.25. The lowest BCUT2D eigenvalue weighted by Gasteiger charge is -2.26. The highest BCUT2D eigenvalue weighted by molar-refractivity contribution is 5.80. The van der Waals surface area contributed by atoms with Gasteiger partial charge in [0.2, 0.25) is 5.84 Å². The van der Waals surface area contributed by atoms with Gasteiger partial charge in [0, 0.05) is 19.5 Å². The monoisotopic (exact) mass is 201 g/mol. The summed E-state index contributed by atoms with van der Waals surface area (Å²) in [5.74, 6) is 0.314. The predicted octanol–water partition coefficient (Wildman–Crippen LogP) is 0.173. The van der Waals surface area contributed by atoms with Gasteiger partial charge in [-0.25, -0.2) is 0 Å². The van der Waals surface area contributed by atoms with Gasteiger partial charge in [-0.2, -0.15) is 0 Å². The first kappa shape index (κ1) is 10.7. The first-order chi connectivity index (χ1) is 6.65. The molecule has 0 unspecified atom stereocenters. The van der Waals surface area contributed by atoms with Crippen molar-refractivity contribution in [3.63, 3.8) is 0 Å². The lowest BCUT2D eigenvalue weighted by molar-refractivity contribution is -0.702. The molecule has 0 bridgehead atoms. The largest absolute Gasteiger partial charge is 0.364 e. The average molecular weight is 201 g/mol.